The van der Waals surface area contributed by atoms with Crippen molar-refractivity contribution in [2.24, 2.45) is 5.41 Å². The highest BCUT2D eigenvalue weighted by Gasteiger charge is 2.15. The average Bonchev–Trinajstić information content (AvgIpc) is 2.08. The molecule has 1 aromatic heterocycles. The molecule has 0 bridgehead atoms. The Morgan fingerprint density at radius 3 is 2.47 bits per heavy atom. The Morgan fingerprint density at radius 2 is 2.00 bits per heavy atom. The van der Waals surface area contributed by atoms with Crippen molar-refractivity contribution in [3.63, 3.8) is 0 Å². The highest BCUT2D eigenvalue weighted by atomic mass is 79.9. The van der Waals surface area contributed by atoms with E-state index in [-0.39, 0.29) is 11.0 Å². The van der Waals surface area contributed by atoms with Crippen LogP contribution in [0.5, 0.6) is 0 Å². The van der Waals surface area contributed by atoms with Crippen LogP contribution in [0.4, 0.5) is 0 Å². The minimum Gasteiger partial charge on any atom is -0.310 e. The highest BCUT2D eigenvalue weighted by molar-refractivity contribution is 9.10. The lowest BCUT2D eigenvalue weighted by molar-refractivity contribution is 0.399. The van der Waals surface area contributed by atoms with Crippen LogP contribution in [0.1, 0.15) is 39.2 Å². The highest BCUT2D eigenvalue weighted by Crippen LogP contribution is 2.19. The fourth-order valence-electron chi connectivity index (χ4n) is 1.38. The second-order valence-electron chi connectivity index (χ2n) is 4.86. The van der Waals surface area contributed by atoms with Crippen LogP contribution in [0.2, 0.25) is 0 Å². The lowest BCUT2D eigenvalue weighted by Gasteiger charge is -2.17. The van der Waals surface area contributed by atoms with Crippen LogP contribution >= 0.6 is 15.9 Å². The van der Waals surface area contributed by atoms with Crippen LogP contribution in [0.15, 0.2) is 9.27 Å². The lowest BCUT2D eigenvalue weighted by atomic mass is 9.92. The maximum Gasteiger partial charge on any atom is 0.265 e. The molecule has 15 heavy (non-hydrogen) atoms. The third-order valence-corrected chi connectivity index (χ3v) is 2.83. The van der Waals surface area contributed by atoms with Crippen molar-refractivity contribution in [3.8, 4) is 0 Å². The molecule has 0 amide bonds. The van der Waals surface area contributed by atoms with E-state index in [0.29, 0.717) is 4.47 Å². The molecule has 0 radical (unpaired) electrons. The zero-order valence-corrected chi connectivity index (χ0v) is 11.2. The number of halogens is 1. The van der Waals surface area contributed by atoms with Gasteiger partial charge in [-0.15, -0.1) is 0 Å². The van der Waals surface area contributed by atoms with Crippen LogP contribution in [0, 0.1) is 5.41 Å². The van der Waals surface area contributed by atoms with Gasteiger partial charge in [0.1, 0.15) is 10.3 Å². The predicted molar refractivity (Wildman–Crippen MR) is 65.1 cm³/mol. The van der Waals surface area contributed by atoms with Crippen molar-refractivity contribution in [3.05, 3.63) is 26.3 Å². The first-order valence-corrected chi connectivity index (χ1v) is 5.90. The summed E-state index contributed by atoms with van der Waals surface area (Å²) in [4.78, 5) is 18.8. The normalized spacial score (nSPS) is 11.8. The fourth-order valence-corrected chi connectivity index (χ4v) is 1.85. The number of hydrogen-bond donors (Lipinski definition) is 1. The van der Waals surface area contributed by atoms with Gasteiger partial charge in [-0.25, -0.2) is 4.98 Å². The van der Waals surface area contributed by atoms with E-state index in [1.54, 1.807) is 0 Å². The molecule has 4 heteroatoms. The molecule has 0 spiro atoms. The molecule has 1 heterocycles. The molecule has 0 aromatic carbocycles. The number of rotatable bonds is 2. The molecular formula is C11H17BrN2O. The van der Waals surface area contributed by atoms with Gasteiger partial charge in [0, 0.05) is 6.42 Å². The first kappa shape index (κ1) is 12.4. The van der Waals surface area contributed by atoms with Crippen LogP contribution in [0.25, 0.3) is 0 Å². The standard InChI is InChI=1S/C11H17BrN2O/c1-5-7-9(12)10(15)14-8(13-7)6-11(2,3)4/h5-6H2,1-4H3,(H,13,14,15). The summed E-state index contributed by atoms with van der Waals surface area (Å²) in [5.41, 5.74) is 0.883. The lowest BCUT2D eigenvalue weighted by Crippen LogP contribution is -2.19. The number of hydrogen-bond acceptors (Lipinski definition) is 2. The zero-order valence-electron chi connectivity index (χ0n) is 9.65. The van der Waals surface area contributed by atoms with E-state index >= 15 is 0 Å². The van der Waals surface area contributed by atoms with Crippen LogP contribution in [0.3, 0.4) is 0 Å². The Bertz CT molecular complexity index is 404. The van der Waals surface area contributed by atoms with E-state index in [0.717, 1.165) is 24.4 Å². The molecule has 84 valence electrons. The summed E-state index contributed by atoms with van der Waals surface area (Å²) < 4.78 is 0.558. The van der Waals surface area contributed by atoms with E-state index in [4.69, 9.17) is 0 Å². The molecule has 1 aromatic rings. The molecular weight excluding hydrogens is 256 g/mol. The van der Waals surface area contributed by atoms with Crippen LogP contribution in [-0.2, 0) is 12.8 Å². The Hall–Kier alpha value is -0.640. The third-order valence-electron chi connectivity index (χ3n) is 2.01. The fraction of sp³-hybridized carbons (Fsp3) is 0.636. The Kier molecular flexibility index (Phi) is 3.71. The third kappa shape index (κ3) is 3.45. The predicted octanol–water partition coefficient (Wildman–Crippen LogP) is 2.68. The van der Waals surface area contributed by atoms with E-state index in [9.17, 15) is 4.79 Å². The van der Waals surface area contributed by atoms with Crippen molar-refractivity contribution in [1.29, 1.82) is 0 Å². The molecule has 1 rings (SSSR count). The zero-order chi connectivity index (χ0) is 11.6. The topological polar surface area (TPSA) is 45.8 Å². The number of aromatic nitrogens is 2. The molecule has 0 aliphatic rings. The first-order chi connectivity index (χ1) is 6.83. The number of H-pyrrole nitrogens is 1. The number of aryl methyl sites for hydroxylation is 1. The Morgan fingerprint density at radius 1 is 1.40 bits per heavy atom. The molecule has 0 unspecified atom stereocenters. The van der Waals surface area contributed by atoms with Crippen LogP contribution < -0.4 is 5.56 Å². The largest absolute Gasteiger partial charge is 0.310 e. The van der Waals surface area contributed by atoms with Crippen molar-refractivity contribution in [1.82, 2.24) is 9.97 Å². The van der Waals surface area contributed by atoms with Gasteiger partial charge in [0.25, 0.3) is 5.56 Å². The summed E-state index contributed by atoms with van der Waals surface area (Å²) in [7, 11) is 0. The molecule has 0 saturated carbocycles. The average molecular weight is 273 g/mol. The molecule has 0 aliphatic heterocycles. The van der Waals surface area contributed by atoms with E-state index < -0.39 is 0 Å². The number of nitrogens with one attached hydrogen (secondary N) is 1. The molecule has 0 aliphatic carbocycles. The second-order valence-corrected chi connectivity index (χ2v) is 5.66. The van der Waals surface area contributed by atoms with Gasteiger partial charge in [0.15, 0.2) is 0 Å². The maximum atomic E-state index is 11.6. The Balaban J connectivity index is 3.12. The SMILES string of the molecule is CCc1nc(CC(C)(C)C)[nH]c(=O)c1Br. The van der Waals surface area contributed by atoms with Gasteiger partial charge in [0.05, 0.1) is 5.69 Å². The minimum absolute atomic E-state index is 0.0823. The first-order valence-electron chi connectivity index (χ1n) is 5.11. The summed E-state index contributed by atoms with van der Waals surface area (Å²) in [5, 5.41) is 0. The van der Waals surface area contributed by atoms with Gasteiger partial charge in [-0.1, -0.05) is 27.7 Å². The summed E-state index contributed by atoms with van der Waals surface area (Å²) in [5.74, 6) is 0.771. The quantitative estimate of drug-likeness (QED) is 0.900. The summed E-state index contributed by atoms with van der Waals surface area (Å²) in [6.45, 7) is 8.37. The minimum atomic E-state index is -0.0823. The van der Waals surface area contributed by atoms with Crippen molar-refractivity contribution in [2.45, 2.75) is 40.5 Å². The number of nitrogens with zero attached hydrogens (tertiary/aromatic N) is 1. The summed E-state index contributed by atoms with van der Waals surface area (Å²) >= 11 is 3.25. The van der Waals surface area contributed by atoms with E-state index in [1.165, 1.54) is 0 Å². The van der Waals surface area contributed by atoms with Crippen molar-refractivity contribution < 1.29 is 0 Å². The molecule has 1 N–H and O–H groups in total. The number of aromatic amines is 1. The van der Waals surface area contributed by atoms with E-state index in [2.05, 4.69) is 46.7 Å². The summed E-state index contributed by atoms with van der Waals surface area (Å²) in [6.07, 6.45) is 1.55. The molecule has 0 fully saturated rings. The van der Waals surface area contributed by atoms with Gasteiger partial charge in [-0.2, -0.15) is 0 Å². The van der Waals surface area contributed by atoms with Gasteiger partial charge < -0.3 is 4.98 Å². The summed E-state index contributed by atoms with van der Waals surface area (Å²) in [6, 6.07) is 0. The Labute approximate surface area is 98.5 Å². The van der Waals surface area contributed by atoms with Crippen molar-refractivity contribution >= 4 is 15.9 Å². The second kappa shape index (κ2) is 4.47. The van der Waals surface area contributed by atoms with Crippen LogP contribution in [-0.4, -0.2) is 9.97 Å². The van der Waals surface area contributed by atoms with E-state index in [1.807, 2.05) is 6.92 Å². The smallest absolute Gasteiger partial charge is 0.265 e. The van der Waals surface area contributed by atoms with Gasteiger partial charge in [0.2, 0.25) is 0 Å². The van der Waals surface area contributed by atoms with Gasteiger partial charge in [-0.05, 0) is 27.8 Å². The maximum absolute atomic E-state index is 11.6. The monoisotopic (exact) mass is 272 g/mol. The molecule has 0 saturated heterocycles. The van der Waals surface area contributed by atoms with Crippen molar-refractivity contribution in [2.75, 3.05) is 0 Å². The molecule has 0 atom stereocenters. The molecule has 3 nitrogen and oxygen atoms in total. The van der Waals surface area contributed by atoms with Gasteiger partial charge >= 0.3 is 0 Å². The van der Waals surface area contributed by atoms with Gasteiger partial charge in [-0.3, -0.25) is 4.79 Å².